The summed E-state index contributed by atoms with van der Waals surface area (Å²) in [5.74, 6) is 0. The monoisotopic (exact) mass is 163 g/mol. The molecule has 0 heterocycles. The van der Waals surface area contributed by atoms with Crippen LogP contribution in [0.4, 0.5) is 4.39 Å². The lowest BCUT2D eigenvalue weighted by atomic mass is 10.1. The maximum atomic E-state index is 11.6. The Hall–Kier alpha value is -0.150. The average Bonchev–Trinajstić information content (AvgIpc) is 2.03. The topological polar surface area (TPSA) is 32.3 Å². The van der Waals surface area contributed by atoms with Crippen molar-refractivity contribution in [3.05, 3.63) is 0 Å². The van der Waals surface area contributed by atoms with E-state index in [4.69, 9.17) is 5.11 Å². The summed E-state index contributed by atoms with van der Waals surface area (Å²) in [6, 6.07) is 0.353. The molecule has 3 heteroatoms. The molecule has 68 valence electrons. The average molecular weight is 163 g/mol. The van der Waals surface area contributed by atoms with E-state index in [1.165, 1.54) is 0 Å². The highest BCUT2D eigenvalue weighted by Crippen LogP contribution is 1.95. The summed E-state index contributed by atoms with van der Waals surface area (Å²) in [5.41, 5.74) is 0. The number of hydrogen-bond donors (Lipinski definition) is 2. The molecule has 0 saturated heterocycles. The van der Waals surface area contributed by atoms with Gasteiger partial charge in [-0.1, -0.05) is 6.92 Å². The zero-order valence-corrected chi connectivity index (χ0v) is 7.15. The first-order valence-corrected chi connectivity index (χ1v) is 4.25. The molecule has 0 aromatic heterocycles. The Labute approximate surface area is 67.8 Å². The van der Waals surface area contributed by atoms with Gasteiger partial charge in [0.15, 0.2) is 0 Å². The predicted molar refractivity (Wildman–Crippen MR) is 44.4 cm³/mol. The van der Waals surface area contributed by atoms with Crippen molar-refractivity contribution in [2.75, 3.05) is 19.8 Å². The maximum Gasteiger partial charge on any atom is 0.0906 e. The maximum absolute atomic E-state index is 11.6. The third-order valence-electron chi connectivity index (χ3n) is 1.71. The summed E-state index contributed by atoms with van der Waals surface area (Å²) >= 11 is 0. The summed E-state index contributed by atoms with van der Waals surface area (Å²) < 4.78 is 11.6. The molecule has 1 atom stereocenters. The van der Waals surface area contributed by atoms with Crippen LogP contribution in [0.1, 0.15) is 26.2 Å². The molecular formula is C8H18FNO. The molecule has 1 unspecified atom stereocenters. The van der Waals surface area contributed by atoms with Gasteiger partial charge < -0.3 is 10.4 Å². The summed E-state index contributed by atoms with van der Waals surface area (Å²) in [6.45, 7) is 2.72. The Morgan fingerprint density at radius 3 is 2.73 bits per heavy atom. The molecular weight excluding hydrogens is 145 g/mol. The molecule has 0 aliphatic rings. The Bertz CT molecular complexity index is 80.5. The Morgan fingerprint density at radius 1 is 1.55 bits per heavy atom. The number of aliphatic hydroxyl groups is 1. The summed E-state index contributed by atoms with van der Waals surface area (Å²) in [6.07, 6.45) is 2.33. The van der Waals surface area contributed by atoms with E-state index >= 15 is 0 Å². The van der Waals surface area contributed by atoms with Crippen molar-refractivity contribution in [3.63, 3.8) is 0 Å². The van der Waals surface area contributed by atoms with E-state index in [1.54, 1.807) is 0 Å². The molecule has 0 rings (SSSR count). The van der Waals surface area contributed by atoms with Crippen LogP contribution in [0, 0.1) is 0 Å². The van der Waals surface area contributed by atoms with Crippen molar-refractivity contribution >= 4 is 0 Å². The molecule has 0 aliphatic heterocycles. The second-order valence-corrected chi connectivity index (χ2v) is 2.61. The highest BCUT2D eigenvalue weighted by Gasteiger charge is 2.02. The summed E-state index contributed by atoms with van der Waals surface area (Å²) in [5, 5.41) is 11.8. The summed E-state index contributed by atoms with van der Waals surface area (Å²) in [4.78, 5) is 0. The Kier molecular flexibility index (Phi) is 7.84. The number of aliphatic hydroxyl groups excluding tert-OH is 1. The molecule has 0 saturated carbocycles. The molecule has 2 N–H and O–H groups in total. The number of halogens is 1. The zero-order chi connectivity index (χ0) is 8.53. The number of hydrogen-bond acceptors (Lipinski definition) is 2. The standard InChI is InChI=1S/C8H18FNO/c1-2-8(4-7-11)10-6-3-5-9/h8,10-11H,2-7H2,1H3. The Balaban J connectivity index is 3.20. The fourth-order valence-electron chi connectivity index (χ4n) is 0.979. The fraction of sp³-hybridized carbons (Fsp3) is 1.00. The van der Waals surface area contributed by atoms with E-state index in [2.05, 4.69) is 12.2 Å². The van der Waals surface area contributed by atoms with Crippen LogP contribution >= 0.6 is 0 Å². The molecule has 0 aromatic carbocycles. The fourth-order valence-corrected chi connectivity index (χ4v) is 0.979. The van der Waals surface area contributed by atoms with Crippen LogP contribution < -0.4 is 5.32 Å². The first kappa shape index (κ1) is 10.8. The van der Waals surface area contributed by atoms with Crippen LogP contribution in [0.2, 0.25) is 0 Å². The van der Waals surface area contributed by atoms with Gasteiger partial charge in [0.1, 0.15) is 0 Å². The first-order valence-electron chi connectivity index (χ1n) is 4.25. The quantitative estimate of drug-likeness (QED) is 0.551. The molecule has 0 aliphatic carbocycles. The highest BCUT2D eigenvalue weighted by atomic mass is 19.1. The number of alkyl halides is 1. The van der Waals surface area contributed by atoms with Gasteiger partial charge in [-0.3, -0.25) is 4.39 Å². The lowest BCUT2D eigenvalue weighted by Crippen LogP contribution is -2.30. The first-order chi connectivity index (χ1) is 5.35. The van der Waals surface area contributed by atoms with E-state index < -0.39 is 0 Å². The van der Waals surface area contributed by atoms with Gasteiger partial charge in [0.2, 0.25) is 0 Å². The van der Waals surface area contributed by atoms with Gasteiger partial charge in [-0.15, -0.1) is 0 Å². The molecule has 2 nitrogen and oxygen atoms in total. The van der Waals surface area contributed by atoms with E-state index in [9.17, 15) is 4.39 Å². The van der Waals surface area contributed by atoms with Gasteiger partial charge in [-0.25, -0.2) is 0 Å². The van der Waals surface area contributed by atoms with Crippen LogP contribution in [0.25, 0.3) is 0 Å². The van der Waals surface area contributed by atoms with Gasteiger partial charge in [0.25, 0.3) is 0 Å². The Morgan fingerprint density at radius 2 is 2.27 bits per heavy atom. The second-order valence-electron chi connectivity index (χ2n) is 2.61. The van der Waals surface area contributed by atoms with Crippen molar-refractivity contribution in [3.8, 4) is 0 Å². The highest BCUT2D eigenvalue weighted by molar-refractivity contribution is 4.63. The van der Waals surface area contributed by atoms with Crippen LogP contribution in [-0.2, 0) is 0 Å². The molecule has 0 amide bonds. The van der Waals surface area contributed by atoms with Gasteiger partial charge in [-0.2, -0.15) is 0 Å². The third kappa shape index (κ3) is 6.26. The van der Waals surface area contributed by atoms with Crippen molar-refractivity contribution in [2.24, 2.45) is 0 Å². The van der Waals surface area contributed by atoms with Gasteiger partial charge in [0.05, 0.1) is 6.67 Å². The second kappa shape index (κ2) is 7.95. The van der Waals surface area contributed by atoms with Crippen molar-refractivity contribution < 1.29 is 9.50 Å². The number of nitrogens with one attached hydrogen (secondary N) is 1. The zero-order valence-electron chi connectivity index (χ0n) is 7.15. The molecule has 0 spiro atoms. The lowest BCUT2D eigenvalue weighted by molar-refractivity contribution is 0.261. The largest absolute Gasteiger partial charge is 0.396 e. The predicted octanol–water partition coefficient (Wildman–Crippen LogP) is 1.10. The molecule has 0 aromatic rings. The van der Waals surface area contributed by atoms with Crippen LogP contribution in [0.5, 0.6) is 0 Å². The minimum Gasteiger partial charge on any atom is -0.396 e. The van der Waals surface area contributed by atoms with Crippen molar-refractivity contribution in [1.29, 1.82) is 0 Å². The van der Waals surface area contributed by atoms with Gasteiger partial charge in [0, 0.05) is 12.6 Å². The minimum atomic E-state index is -0.261. The van der Waals surface area contributed by atoms with E-state index in [1.807, 2.05) is 0 Å². The summed E-state index contributed by atoms with van der Waals surface area (Å²) in [7, 11) is 0. The molecule has 11 heavy (non-hydrogen) atoms. The van der Waals surface area contributed by atoms with Gasteiger partial charge >= 0.3 is 0 Å². The normalized spacial score (nSPS) is 13.4. The van der Waals surface area contributed by atoms with E-state index in [0.717, 1.165) is 19.4 Å². The van der Waals surface area contributed by atoms with Crippen LogP contribution in [-0.4, -0.2) is 31.0 Å². The van der Waals surface area contributed by atoms with Gasteiger partial charge in [-0.05, 0) is 25.8 Å². The lowest BCUT2D eigenvalue weighted by Gasteiger charge is -2.14. The number of rotatable bonds is 7. The van der Waals surface area contributed by atoms with Crippen LogP contribution in [0.3, 0.4) is 0 Å². The van der Waals surface area contributed by atoms with E-state index in [0.29, 0.717) is 12.5 Å². The van der Waals surface area contributed by atoms with Crippen LogP contribution in [0.15, 0.2) is 0 Å². The van der Waals surface area contributed by atoms with E-state index in [-0.39, 0.29) is 13.3 Å². The SMILES string of the molecule is CCC(CCO)NCCCF. The minimum absolute atomic E-state index is 0.209. The third-order valence-corrected chi connectivity index (χ3v) is 1.71. The molecule has 0 bridgehead atoms. The smallest absolute Gasteiger partial charge is 0.0906 e. The molecule has 0 radical (unpaired) electrons. The van der Waals surface area contributed by atoms with Crippen molar-refractivity contribution in [2.45, 2.75) is 32.2 Å². The molecule has 0 fully saturated rings. The van der Waals surface area contributed by atoms with Crippen molar-refractivity contribution in [1.82, 2.24) is 5.32 Å².